The number of ether oxygens (including phenoxy) is 2. The van der Waals surface area contributed by atoms with Crippen molar-refractivity contribution in [3.8, 4) is 22.9 Å². The van der Waals surface area contributed by atoms with Gasteiger partial charge in [0.15, 0.2) is 17.3 Å². The molecule has 3 aromatic rings. The van der Waals surface area contributed by atoms with Crippen molar-refractivity contribution < 1.29 is 32.5 Å². The number of halogens is 3. The molecule has 0 saturated heterocycles. The minimum absolute atomic E-state index is 0.0242. The van der Waals surface area contributed by atoms with Crippen LogP contribution in [0.5, 0.6) is 11.5 Å². The van der Waals surface area contributed by atoms with Gasteiger partial charge in [0.2, 0.25) is 5.95 Å². The first-order chi connectivity index (χ1) is 14.8. The Morgan fingerprint density at radius 3 is 2.65 bits per heavy atom. The molecule has 31 heavy (non-hydrogen) atoms. The number of aromatic nitrogens is 3. The van der Waals surface area contributed by atoms with Gasteiger partial charge >= 0.3 is 12.1 Å². The van der Waals surface area contributed by atoms with E-state index >= 15 is 0 Å². The summed E-state index contributed by atoms with van der Waals surface area (Å²) in [7, 11) is 0. The van der Waals surface area contributed by atoms with Crippen molar-refractivity contribution in [3.05, 3.63) is 48.0 Å². The maximum Gasteiger partial charge on any atom is 0.416 e. The number of hydrogen-bond donors (Lipinski definition) is 2. The molecule has 0 bridgehead atoms. The lowest BCUT2D eigenvalue weighted by atomic mass is 10.2. The highest BCUT2D eigenvalue weighted by Crippen LogP contribution is 2.35. The van der Waals surface area contributed by atoms with Crippen molar-refractivity contribution in [2.75, 3.05) is 18.5 Å². The number of carboxylic acid groups (broad SMARTS) is 1. The Morgan fingerprint density at radius 2 is 1.90 bits per heavy atom. The summed E-state index contributed by atoms with van der Waals surface area (Å²) in [4.78, 5) is 15.4. The summed E-state index contributed by atoms with van der Waals surface area (Å²) in [5, 5.41) is 16.0. The Balaban J connectivity index is 1.66. The summed E-state index contributed by atoms with van der Waals surface area (Å²) in [6, 6.07) is 9.77. The molecule has 1 aliphatic heterocycles. The van der Waals surface area contributed by atoms with Crippen LogP contribution in [0.25, 0.3) is 11.4 Å². The summed E-state index contributed by atoms with van der Waals surface area (Å²) in [5.74, 6) is 0.455. The zero-order chi connectivity index (χ0) is 22.0. The van der Waals surface area contributed by atoms with Crippen LogP contribution < -0.4 is 14.8 Å². The predicted octanol–water partition coefficient (Wildman–Crippen LogP) is 3.95. The van der Waals surface area contributed by atoms with E-state index in [0.29, 0.717) is 36.1 Å². The van der Waals surface area contributed by atoms with E-state index in [-0.39, 0.29) is 24.6 Å². The average molecular weight is 434 g/mol. The Bertz CT molecular complexity index is 1110. The molecule has 0 saturated carbocycles. The number of anilines is 2. The van der Waals surface area contributed by atoms with Gasteiger partial charge in [0.1, 0.15) is 13.2 Å². The topological polar surface area (TPSA) is 98.5 Å². The second-order valence-corrected chi connectivity index (χ2v) is 6.69. The van der Waals surface area contributed by atoms with Crippen molar-refractivity contribution in [1.29, 1.82) is 0 Å². The van der Waals surface area contributed by atoms with E-state index in [0.717, 1.165) is 12.1 Å². The number of alkyl halides is 3. The molecule has 2 aromatic carbocycles. The van der Waals surface area contributed by atoms with Crippen LogP contribution in [0.4, 0.5) is 24.8 Å². The minimum Gasteiger partial charge on any atom is -0.486 e. The van der Waals surface area contributed by atoms with Crippen LogP contribution in [-0.2, 0) is 17.5 Å². The SMILES string of the molecule is O=C(O)CCn1nc(Nc2cccc(C(F)(F)F)c2)nc1-c1ccc2c(c1)OCCO2. The zero-order valence-electron chi connectivity index (χ0n) is 16.0. The third-order valence-electron chi connectivity index (χ3n) is 4.46. The number of aryl methyl sites for hydroxylation is 1. The number of aliphatic carboxylic acids is 1. The third-order valence-corrected chi connectivity index (χ3v) is 4.46. The average Bonchev–Trinajstić information content (AvgIpc) is 3.14. The number of carboxylic acids is 1. The van der Waals surface area contributed by atoms with Gasteiger partial charge in [-0.15, -0.1) is 5.10 Å². The summed E-state index contributed by atoms with van der Waals surface area (Å²) >= 11 is 0. The van der Waals surface area contributed by atoms with Gasteiger partial charge in [-0.25, -0.2) is 4.68 Å². The van der Waals surface area contributed by atoms with E-state index < -0.39 is 17.7 Å². The van der Waals surface area contributed by atoms with Crippen molar-refractivity contribution in [1.82, 2.24) is 14.8 Å². The monoisotopic (exact) mass is 434 g/mol. The van der Waals surface area contributed by atoms with Gasteiger partial charge < -0.3 is 19.9 Å². The fourth-order valence-corrected chi connectivity index (χ4v) is 3.05. The lowest BCUT2D eigenvalue weighted by Crippen LogP contribution is -2.15. The van der Waals surface area contributed by atoms with Crippen LogP contribution in [0, 0.1) is 0 Å². The van der Waals surface area contributed by atoms with Gasteiger partial charge in [-0.2, -0.15) is 18.2 Å². The van der Waals surface area contributed by atoms with E-state index in [1.54, 1.807) is 18.2 Å². The molecular formula is C20H17F3N4O4. The summed E-state index contributed by atoms with van der Waals surface area (Å²) in [5.41, 5.74) is -0.0620. The van der Waals surface area contributed by atoms with E-state index in [9.17, 15) is 18.0 Å². The Labute approximate surface area is 174 Å². The first-order valence-corrected chi connectivity index (χ1v) is 9.30. The van der Waals surface area contributed by atoms with Gasteiger partial charge in [-0.1, -0.05) is 6.07 Å². The van der Waals surface area contributed by atoms with Crippen LogP contribution in [0.2, 0.25) is 0 Å². The Morgan fingerprint density at radius 1 is 1.13 bits per heavy atom. The second-order valence-electron chi connectivity index (χ2n) is 6.69. The largest absolute Gasteiger partial charge is 0.486 e. The highest BCUT2D eigenvalue weighted by atomic mass is 19.4. The van der Waals surface area contributed by atoms with Gasteiger partial charge in [0.05, 0.1) is 18.5 Å². The van der Waals surface area contributed by atoms with Crippen LogP contribution >= 0.6 is 0 Å². The molecule has 0 atom stereocenters. The van der Waals surface area contributed by atoms with E-state index in [4.69, 9.17) is 14.6 Å². The Hall–Kier alpha value is -3.76. The maximum atomic E-state index is 13.0. The van der Waals surface area contributed by atoms with E-state index in [2.05, 4.69) is 15.4 Å². The Kier molecular flexibility index (Phi) is 5.40. The molecule has 8 nitrogen and oxygen atoms in total. The van der Waals surface area contributed by atoms with Crippen molar-refractivity contribution >= 4 is 17.6 Å². The molecule has 0 unspecified atom stereocenters. The molecule has 0 fully saturated rings. The highest BCUT2D eigenvalue weighted by Gasteiger charge is 2.30. The number of fused-ring (bicyclic) bond motifs is 1. The number of benzene rings is 2. The highest BCUT2D eigenvalue weighted by molar-refractivity contribution is 5.67. The predicted molar refractivity (Wildman–Crippen MR) is 103 cm³/mol. The molecule has 11 heteroatoms. The number of rotatable bonds is 6. The van der Waals surface area contributed by atoms with E-state index in [1.807, 2.05) is 0 Å². The van der Waals surface area contributed by atoms with Crippen molar-refractivity contribution in [3.63, 3.8) is 0 Å². The van der Waals surface area contributed by atoms with Gasteiger partial charge in [-0.05, 0) is 36.4 Å². The lowest BCUT2D eigenvalue weighted by Gasteiger charge is -2.18. The number of nitrogens with zero attached hydrogens (tertiary/aromatic N) is 3. The molecule has 162 valence electrons. The molecular weight excluding hydrogens is 417 g/mol. The van der Waals surface area contributed by atoms with Crippen LogP contribution in [0.1, 0.15) is 12.0 Å². The normalized spacial score (nSPS) is 13.1. The fraction of sp³-hybridized carbons (Fsp3) is 0.250. The van der Waals surface area contributed by atoms with Gasteiger partial charge in [0, 0.05) is 11.3 Å². The molecule has 4 rings (SSSR count). The zero-order valence-corrected chi connectivity index (χ0v) is 16.0. The second kappa shape index (κ2) is 8.17. The molecule has 1 aliphatic rings. The molecule has 0 aliphatic carbocycles. The van der Waals surface area contributed by atoms with Gasteiger partial charge in [-0.3, -0.25) is 4.79 Å². The molecule has 0 radical (unpaired) electrons. The van der Waals surface area contributed by atoms with Crippen LogP contribution in [0.15, 0.2) is 42.5 Å². The molecule has 0 spiro atoms. The third kappa shape index (κ3) is 4.71. The maximum absolute atomic E-state index is 13.0. The first kappa shape index (κ1) is 20.5. The lowest BCUT2D eigenvalue weighted by molar-refractivity contribution is -0.138. The molecule has 1 aromatic heterocycles. The van der Waals surface area contributed by atoms with Gasteiger partial charge in [0.25, 0.3) is 0 Å². The van der Waals surface area contributed by atoms with Crippen LogP contribution in [0.3, 0.4) is 0 Å². The number of carbonyl (C=O) groups is 1. The summed E-state index contributed by atoms with van der Waals surface area (Å²) in [6.07, 6.45) is -4.69. The summed E-state index contributed by atoms with van der Waals surface area (Å²) < 4.78 is 51.4. The smallest absolute Gasteiger partial charge is 0.416 e. The minimum atomic E-state index is -4.48. The van der Waals surface area contributed by atoms with E-state index in [1.165, 1.54) is 16.8 Å². The standard InChI is InChI=1S/C20H17F3N4O4/c21-20(22,23)13-2-1-3-14(11-13)24-19-25-18(27(26-19)7-6-17(28)29)12-4-5-15-16(10-12)31-9-8-30-15/h1-5,10-11H,6-9H2,(H,24,26)(H,28,29). The number of hydrogen-bond acceptors (Lipinski definition) is 6. The molecule has 2 N–H and O–H groups in total. The first-order valence-electron chi connectivity index (χ1n) is 9.30. The van der Waals surface area contributed by atoms with Crippen molar-refractivity contribution in [2.24, 2.45) is 0 Å². The van der Waals surface area contributed by atoms with Crippen LogP contribution in [-0.4, -0.2) is 39.1 Å². The number of nitrogens with one attached hydrogen (secondary N) is 1. The quantitative estimate of drug-likeness (QED) is 0.606. The molecule has 2 heterocycles. The van der Waals surface area contributed by atoms with Crippen molar-refractivity contribution in [2.45, 2.75) is 19.1 Å². The fourth-order valence-electron chi connectivity index (χ4n) is 3.05. The summed E-state index contributed by atoms with van der Waals surface area (Å²) in [6.45, 7) is 0.854. The molecule has 0 amide bonds.